The average Bonchev–Trinajstić information content (AvgIpc) is 2.33. The molecule has 0 aromatic heterocycles. The molecule has 1 aromatic carbocycles. The Morgan fingerprint density at radius 2 is 1.89 bits per heavy atom. The summed E-state index contributed by atoms with van der Waals surface area (Å²) in [5, 5.41) is 0.788. The quantitative estimate of drug-likeness (QED) is 0.820. The van der Waals surface area contributed by atoms with E-state index in [1.807, 2.05) is 12.1 Å². The van der Waals surface area contributed by atoms with Gasteiger partial charge in [-0.1, -0.05) is 44.0 Å². The largest absolute Gasteiger partial charge is 0.329 e. The molecule has 0 aliphatic heterocycles. The lowest BCUT2D eigenvalue weighted by Gasteiger charge is -2.32. The smallest absolute Gasteiger partial charge is 0.0406 e. The molecule has 0 aliphatic rings. The van der Waals surface area contributed by atoms with Gasteiger partial charge in [0, 0.05) is 24.2 Å². The minimum Gasteiger partial charge on any atom is -0.329 e. The number of likely N-dealkylation sites (N-methyl/N-ethyl adjacent to an activating group) is 1. The molecular weight excluding hydrogens is 244 g/mol. The van der Waals surface area contributed by atoms with E-state index in [0.29, 0.717) is 18.5 Å². The summed E-state index contributed by atoms with van der Waals surface area (Å²) >= 11 is 5.90. The summed E-state index contributed by atoms with van der Waals surface area (Å²) < 4.78 is 0. The normalized spacial score (nSPS) is 14.8. The van der Waals surface area contributed by atoms with E-state index in [1.54, 1.807) is 0 Å². The topological polar surface area (TPSA) is 29.3 Å². The number of nitrogens with zero attached hydrogens (tertiary/aromatic N) is 1. The van der Waals surface area contributed by atoms with Crippen LogP contribution >= 0.6 is 11.6 Å². The summed E-state index contributed by atoms with van der Waals surface area (Å²) in [7, 11) is 2.15. The van der Waals surface area contributed by atoms with Gasteiger partial charge < -0.3 is 5.73 Å². The highest BCUT2D eigenvalue weighted by molar-refractivity contribution is 6.30. The van der Waals surface area contributed by atoms with Gasteiger partial charge in [0.25, 0.3) is 0 Å². The minimum absolute atomic E-state index is 0.445. The van der Waals surface area contributed by atoms with Gasteiger partial charge in [0.2, 0.25) is 0 Å². The van der Waals surface area contributed by atoms with E-state index in [2.05, 4.69) is 37.9 Å². The summed E-state index contributed by atoms with van der Waals surface area (Å²) in [4.78, 5) is 2.35. The number of hydrogen-bond acceptors (Lipinski definition) is 2. The zero-order chi connectivity index (χ0) is 13.5. The van der Waals surface area contributed by atoms with Crippen LogP contribution in [0.15, 0.2) is 24.3 Å². The van der Waals surface area contributed by atoms with Crippen LogP contribution in [0.4, 0.5) is 0 Å². The summed E-state index contributed by atoms with van der Waals surface area (Å²) in [6.45, 7) is 6.15. The van der Waals surface area contributed by atoms with E-state index < -0.39 is 0 Å². The van der Waals surface area contributed by atoms with Gasteiger partial charge in [0.15, 0.2) is 0 Å². The monoisotopic (exact) mass is 268 g/mol. The Morgan fingerprint density at radius 3 is 2.39 bits per heavy atom. The van der Waals surface area contributed by atoms with Gasteiger partial charge in [-0.25, -0.2) is 0 Å². The van der Waals surface area contributed by atoms with Crippen molar-refractivity contribution in [2.75, 3.05) is 13.6 Å². The molecule has 0 saturated heterocycles. The van der Waals surface area contributed by atoms with E-state index in [0.717, 1.165) is 11.6 Å². The first-order chi connectivity index (χ1) is 8.58. The van der Waals surface area contributed by atoms with Gasteiger partial charge in [-0.15, -0.1) is 0 Å². The first-order valence-electron chi connectivity index (χ1n) is 6.73. The van der Waals surface area contributed by atoms with E-state index in [4.69, 9.17) is 17.3 Å². The Morgan fingerprint density at radius 1 is 1.28 bits per heavy atom. The molecule has 0 fully saturated rings. The second kappa shape index (κ2) is 7.78. The lowest BCUT2D eigenvalue weighted by atomic mass is 9.95. The Labute approximate surface area is 116 Å². The lowest BCUT2D eigenvalue weighted by Crippen LogP contribution is -2.42. The van der Waals surface area contributed by atoms with Crippen molar-refractivity contribution in [1.82, 2.24) is 4.90 Å². The van der Waals surface area contributed by atoms with Crippen LogP contribution in [-0.4, -0.2) is 24.5 Å². The van der Waals surface area contributed by atoms with E-state index in [1.165, 1.54) is 18.4 Å². The van der Waals surface area contributed by atoms with Crippen molar-refractivity contribution >= 4 is 11.6 Å². The number of rotatable bonds is 7. The van der Waals surface area contributed by atoms with Crippen molar-refractivity contribution in [1.29, 1.82) is 0 Å². The van der Waals surface area contributed by atoms with E-state index in [-0.39, 0.29) is 0 Å². The van der Waals surface area contributed by atoms with Crippen molar-refractivity contribution in [2.24, 2.45) is 11.7 Å². The lowest BCUT2D eigenvalue weighted by molar-refractivity contribution is 0.174. The second-order valence-corrected chi connectivity index (χ2v) is 5.55. The van der Waals surface area contributed by atoms with Crippen LogP contribution in [0.5, 0.6) is 0 Å². The fourth-order valence-corrected chi connectivity index (χ4v) is 2.62. The molecular formula is C15H25ClN2. The molecule has 0 radical (unpaired) electrons. The fourth-order valence-electron chi connectivity index (χ4n) is 2.49. The van der Waals surface area contributed by atoms with Gasteiger partial charge in [-0.2, -0.15) is 0 Å². The van der Waals surface area contributed by atoms with Crippen molar-refractivity contribution in [3.05, 3.63) is 34.9 Å². The zero-order valence-electron chi connectivity index (χ0n) is 11.7. The van der Waals surface area contributed by atoms with Crippen LogP contribution in [0, 0.1) is 5.92 Å². The number of nitrogens with two attached hydrogens (primary N) is 1. The molecule has 1 rings (SSSR count). The third kappa shape index (κ3) is 4.60. The van der Waals surface area contributed by atoms with Gasteiger partial charge in [0.1, 0.15) is 0 Å². The molecule has 2 N–H and O–H groups in total. The van der Waals surface area contributed by atoms with Crippen molar-refractivity contribution in [3.8, 4) is 0 Å². The zero-order valence-corrected chi connectivity index (χ0v) is 12.5. The van der Waals surface area contributed by atoms with E-state index >= 15 is 0 Å². The summed E-state index contributed by atoms with van der Waals surface area (Å²) in [6, 6.07) is 8.49. The molecule has 0 spiro atoms. The maximum atomic E-state index is 5.92. The molecule has 3 heteroatoms. The van der Waals surface area contributed by atoms with Crippen molar-refractivity contribution in [2.45, 2.75) is 39.3 Å². The van der Waals surface area contributed by atoms with Gasteiger partial charge in [-0.05, 0) is 37.1 Å². The van der Waals surface area contributed by atoms with Gasteiger partial charge in [-0.3, -0.25) is 4.90 Å². The third-order valence-corrected chi connectivity index (χ3v) is 3.81. The Kier molecular flexibility index (Phi) is 6.69. The highest BCUT2D eigenvalue weighted by Gasteiger charge is 2.19. The molecule has 0 amide bonds. The van der Waals surface area contributed by atoms with E-state index in [9.17, 15) is 0 Å². The molecule has 102 valence electrons. The molecule has 2 atom stereocenters. The highest BCUT2D eigenvalue weighted by Crippen LogP contribution is 2.18. The average molecular weight is 269 g/mol. The van der Waals surface area contributed by atoms with Gasteiger partial charge in [0.05, 0.1) is 0 Å². The predicted molar refractivity (Wildman–Crippen MR) is 79.8 cm³/mol. The van der Waals surface area contributed by atoms with Crippen LogP contribution in [0.25, 0.3) is 0 Å². The van der Waals surface area contributed by atoms with Gasteiger partial charge >= 0.3 is 0 Å². The highest BCUT2D eigenvalue weighted by atomic mass is 35.5. The summed E-state index contributed by atoms with van der Waals surface area (Å²) in [5.41, 5.74) is 7.20. The van der Waals surface area contributed by atoms with Crippen LogP contribution in [-0.2, 0) is 6.54 Å². The second-order valence-electron chi connectivity index (χ2n) is 5.11. The first-order valence-corrected chi connectivity index (χ1v) is 7.11. The van der Waals surface area contributed by atoms with Crippen molar-refractivity contribution < 1.29 is 0 Å². The van der Waals surface area contributed by atoms with Crippen LogP contribution in [0.1, 0.15) is 32.3 Å². The Hall–Kier alpha value is -0.570. The molecule has 2 unspecified atom stereocenters. The van der Waals surface area contributed by atoms with Crippen LogP contribution in [0.2, 0.25) is 5.02 Å². The Bertz CT molecular complexity index is 337. The third-order valence-electron chi connectivity index (χ3n) is 3.55. The van der Waals surface area contributed by atoms with Crippen molar-refractivity contribution in [3.63, 3.8) is 0 Å². The number of halogens is 1. The first kappa shape index (κ1) is 15.5. The minimum atomic E-state index is 0.445. The SMILES string of the molecule is CCCC(C)C(CN)N(C)Cc1ccc(Cl)cc1. The molecule has 2 nitrogen and oxygen atoms in total. The maximum Gasteiger partial charge on any atom is 0.0406 e. The van der Waals surface area contributed by atoms with Crippen LogP contribution in [0.3, 0.4) is 0 Å². The predicted octanol–water partition coefficient (Wildman–Crippen LogP) is 3.54. The Balaban J connectivity index is 2.61. The molecule has 0 saturated carbocycles. The van der Waals surface area contributed by atoms with Crippen LogP contribution < -0.4 is 5.73 Å². The maximum absolute atomic E-state index is 5.92. The number of hydrogen-bond donors (Lipinski definition) is 1. The summed E-state index contributed by atoms with van der Waals surface area (Å²) in [5.74, 6) is 0.636. The number of benzene rings is 1. The molecule has 0 bridgehead atoms. The summed E-state index contributed by atoms with van der Waals surface area (Å²) in [6.07, 6.45) is 2.44. The molecule has 0 heterocycles. The molecule has 0 aliphatic carbocycles. The molecule has 1 aromatic rings. The molecule has 18 heavy (non-hydrogen) atoms. The fraction of sp³-hybridized carbons (Fsp3) is 0.600. The standard InChI is InChI=1S/C15H25ClN2/c1-4-5-12(2)15(10-17)18(3)11-13-6-8-14(16)9-7-13/h6-9,12,15H,4-5,10-11,17H2,1-3H3.